The van der Waals surface area contributed by atoms with Crippen LogP contribution < -0.4 is 10.0 Å². The van der Waals surface area contributed by atoms with E-state index in [0.717, 1.165) is 18.2 Å². The van der Waals surface area contributed by atoms with Crippen molar-refractivity contribution >= 4 is 27.5 Å². The van der Waals surface area contributed by atoms with Crippen LogP contribution in [0, 0.1) is 5.92 Å². The molecule has 0 aromatic heterocycles. The number of hydrogen-bond acceptors (Lipinski definition) is 4. The predicted octanol–water partition coefficient (Wildman–Crippen LogP) is 2.15. The van der Waals surface area contributed by atoms with Crippen molar-refractivity contribution in [3.05, 3.63) is 24.3 Å². The van der Waals surface area contributed by atoms with E-state index >= 15 is 0 Å². The molecule has 1 atom stereocenters. The summed E-state index contributed by atoms with van der Waals surface area (Å²) >= 11 is 2.00. The molecule has 0 spiro atoms. The molecule has 0 saturated carbocycles. The van der Waals surface area contributed by atoms with Gasteiger partial charge >= 0.3 is 0 Å². The number of sulfonamides is 1. The number of nitrogens with one attached hydrogen (secondary N) is 2. The maximum atomic E-state index is 11.8. The molecule has 106 valence electrons. The molecule has 0 radical (unpaired) electrons. The van der Waals surface area contributed by atoms with Crippen LogP contribution in [0.25, 0.3) is 0 Å². The van der Waals surface area contributed by atoms with E-state index < -0.39 is 10.0 Å². The van der Waals surface area contributed by atoms with Gasteiger partial charge in [0, 0.05) is 18.8 Å². The summed E-state index contributed by atoms with van der Waals surface area (Å²) in [7, 11) is -3.34. The summed E-state index contributed by atoms with van der Waals surface area (Å²) in [5, 5.41) is 3.37. The molecule has 19 heavy (non-hydrogen) atoms. The monoisotopic (exact) mass is 300 g/mol. The zero-order valence-corrected chi connectivity index (χ0v) is 12.7. The quantitative estimate of drug-likeness (QED) is 0.845. The normalized spacial score (nSPS) is 19.5. The van der Waals surface area contributed by atoms with Crippen LogP contribution in [0.2, 0.25) is 0 Å². The molecule has 1 heterocycles. The van der Waals surface area contributed by atoms with E-state index in [1.807, 2.05) is 23.9 Å². The molecule has 1 saturated heterocycles. The molecular formula is C13H20N2O2S2. The minimum atomic E-state index is -3.34. The maximum absolute atomic E-state index is 11.8. The van der Waals surface area contributed by atoms with Crippen molar-refractivity contribution in [2.45, 2.75) is 18.2 Å². The summed E-state index contributed by atoms with van der Waals surface area (Å²) in [5.74, 6) is 3.21. The first-order valence-electron chi connectivity index (χ1n) is 6.53. The van der Waals surface area contributed by atoms with Gasteiger partial charge in [0.05, 0.1) is 4.90 Å². The first kappa shape index (κ1) is 14.7. The zero-order chi connectivity index (χ0) is 13.7. The Morgan fingerprint density at radius 3 is 2.63 bits per heavy atom. The van der Waals surface area contributed by atoms with E-state index in [1.165, 1.54) is 17.9 Å². The number of anilines is 1. The molecule has 1 aliphatic heterocycles. The Balaban J connectivity index is 1.94. The van der Waals surface area contributed by atoms with Crippen LogP contribution in [-0.2, 0) is 10.0 Å². The van der Waals surface area contributed by atoms with Crippen molar-refractivity contribution in [1.29, 1.82) is 0 Å². The number of rotatable bonds is 6. The lowest BCUT2D eigenvalue weighted by molar-refractivity contribution is 0.584. The molecule has 1 fully saturated rings. The van der Waals surface area contributed by atoms with Crippen LogP contribution in [0.1, 0.15) is 13.3 Å². The molecule has 0 aliphatic carbocycles. The topological polar surface area (TPSA) is 58.2 Å². The van der Waals surface area contributed by atoms with Gasteiger partial charge in [0.1, 0.15) is 0 Å². The van der Waals surface area contributed by atoms with E-state index in [2.05, 4.69) is 10.0 Å². The van der Waals surface area contributed by atoms with Gasteiger partial charge in [0.15, 0.2) is 0 Å². The summed E-state index contributed by atoms with van der Waals surface area (Å²) in [6.07, 6.45) is 1.27. The summed E-state index contributed by atoms with van der Waals surface area (Å²) in [4.78, 5) is 0.316. The summed E-state index contributed by atoms with van der Waals surface area (Å²) in [6.45, 7) is 3.14. The van der Waals surface area contributed by atoms with E-state index in [-0.39, 0.29) is 0 Å². The van der Waals surface area contributed by atoms with Crippen molar-refractivity contribution in [2.24, 2.45) is 5.92 Å². The van der Waals surface area contributed by atoms with E-state index in [9.17, 15) is 8.42 Å². The third-order valence-electron chi connectivity index (χ3n) is 3.12. The van der Waals surface area contributed by atoms with Gasteiger partial charge in [-0.3, -0.25) is 0 Å². The molecule has 4 nitrogen and oxygen atoms in total. The molecule has 6 heteroatoms. The highest BCUT2D eigenvalue weighted by atomic mass is 32.2. The predicted molar refractivity (Wildman–Crippen MR) is 81.2 cm³/mol. The second-order valence-corrected chi connectivity index (χ2v) is 7.55. The van der Waals surface area contributed by atoms with Crippen molar-refractivity contribution in [3.63, 3.8) is 0 Å². The Labute approximate surface area is 119 Å². The minimum Gasteiger partial charge on any atom is -0.385 e. The largest absolute Gasteiger partial charge is 0.385 e. The zero-order valence-electron chi connectivity index (χ0n) is 11.1. The summed E-state index contributed by atoms with van der Waals surface area (Å²) < 4.78 is 26.0. The maximum Gasteiger partial charge on any atom is 0.240 e. The minimum absolute atomic E-state index is 0.316. The van der Waals surface area contributed by atoms with Crippen LogP contribution in [0.3, 0.4) is 0 Å². The van der Waals surface area contributed by atoms with Crippen molar-refractivity contribution in [2.75, 3.05) is 29.9 Å². The Morgan fingerprint density at radius 2 is 2.05 bits per heavy atom. The van der Waals surface area contributed by atoms with Gasteiger partial charge in [0.25, 0.3) is 0 Å². The first-order chi connectivity index (χ1) is 9.12. The number of hydrogen-bond donors (Lipinski definition) is 2. The third-order valence-corrected chi connectivity index (χ3v) is 5.91. The van der Waals surface area contributed by atoms with Crippen molar-refractivity contribution in [1.82, 2.24) is 4.72 Å². The van der Waals surface area contributed by atoms with E-state index in [0.29, 0.717) is 11.4 Å². The molecule has 2 rings (SSSR count). The molecule has 0 amide bonds. The average molecular weight is 300 g/mol. The Kier molecular flexibility index (Phi) is 5.13. The van der Waals surface area contributed by atoms with Crippen LogP contribution in [-0.4, -0.2) is 33.0 Å². The van der Waals surface area contributed by atoms with Gasteiger partial charge in [-0.15, -0.1) is 0 Å². The van der Waals surface area contributed by atoms with Crippen molar-refractivity contribution in [3.8, 4) is 0 Å². The van der Waals surface area contributed by atoms with Crippen molar-refractivity contribution < 1.29 is 8.42 Å². The number of benzene rings is 1. The first-order valence-corrected chi connectivity index (χ1v) is 9.17. The molecule has 2 N–H and O–H groups in total. The Bertz CT molecular complexity index is 494. The highest BCUT2D eigenvalue weighted by molar-refractivity contribution is 7.99. The fraction of sp³-hybridized carbons (Fsp3) is 0.538. The van der Waals surface area contributed by atoms with Crippen LogP contribution in [0.5, 0.6) is 0 Å². The van der Waals surface area contributed by atoms with Gasteiger partial charge < -0.3 is 5.32 Å². The van der Waals surface area contributed by atoms with Gasteiger partial charge in [-0.2, -0.15) is 11.8 Å². The molecule has 1 aliphatic rings. The van der Waals surface area contributed by atoms with Gasteiger partial charge in [-0.25, -0.2) is 13.1 Å². The second-order valence-electron chi connectivity index (χ2n) is 4.64. The van der Waals surface area contributed by atoms with Gasteiger partial charge in [0.2, 0.25) is 10.0 Å². The standard InChI is InChI=1S/C13H20N2O2S2/c1-2-15-19(16,17)13-5-3-12(4-6-13)14-9-11-7-8-18-10-11/h3-6,11,14-15H,2,7-10H2,1H3. The van der Waals surface area contributed by atoms with Gasteiger partial charge in [-0.1, -0.05) is 6.92 Å². The third kappa shape index (κ3) is 4.12. The van der Waals surface area contributed by atoms with E-state index in [1.54, 1.807) is 19.1 Å². The summed E-state index contributed by atoms with van der Waals surface area (Å²) in [5.41, 5.74) is 0.979. The molecule has 1 aromatic rings. The average Bonchev–Trinajstić information content (AvgIpc) is 2.90. The number of thioether (sulfide) groups is 1. The van der Waals surface area contributed by atoms with Crippen LogP contribution in [0.15, 0.2) is 29.2 Å². The second kappa shape index (κ2) is 6.63. The smallest absolute Gasteiger partial charge is 0.240 e. The van der Waals surface area contributed by atoms with Gasteiger partial charge in [-0.05, 0) is 48.1 Å². The van der Waals surface area contributed by atoms with Crippen LogP contribution >= 0.6 is 11.8 Å². The molecule has 1 unspecified atom stereocenters. The lowest BCUT2D eigenvalue weighted by Gasteiger charge is -2.12. The highest BCUT2D eigenvalue weighted by Gasteiger charge is 2.15. The fourth-order valence-electron chi connectivity index (χ4n) is 2.03. The fourth-order valence-corrected chi connectivity index (χ4v) is 4.36. The molecular weight excluding hydrogens is 280 g/mol. The lowest BCUT2D eigenvalue weighted by Crippen LogP contribution is -2.23. The van der Waals surface area contributed by atoms with Crippen LogP contribution in [0.4, 0.5) is 5.69 Å². The molecule has 1 aromatic carbocycles. The SMILES string of the molecule is CCNS(=O)(=O)c1ccc(NCC2CCSC2)cc1. The Morgan fingerprint density at radius 1 is 1.32 bits per heavy atom. The highest BCUT2D eigenvalue weighted by Crippen LogP contribution is 2.24. The molecule has 0 bridgehead atoms. The lowest BCUT2D eigenvalue weighted by atomic mass is 10.1. The van der Waals surface area contributed by atoms with E-state index in [4.69, 9.17) is 0 Å². The Hall–Kier alpha value is -0.720. The summed E-state index contributed by atoms with van der Waals surface area (Å²) in [6, 6.07) is 6.94.